The quantitative estimate of drug-likeness (QED) is 0.756. The number of hydrogen-bond donors (Lipinski definition) is 1. The second-order valence-corrected chi connectivity index (χ2v) is 3.59. The van der Waals surface area contributed by atoms with Crippen molar-refractivity contribution in [2.45, 2.75) is 32.9 Å². The molecule has 80 valence electrons. The van der Waals surface area contributed by atoms with E-state index in [2.05, 4.69) is 11.8 Å². The Morgan fingerprint density at radius 1 is 1.57 bits per heavy atom. The van der Waals surface area contributed by atoms with Gasteiger partial charge in [0.1, 0.15) is 5.76 Å². The molecule has 1 rings (SSSR count). The van der Waals surface area contributed by atoms with Crippen molar-refractivity contribution in [1.29, 1.82) is 0 Å². The van der Waals surface area contributed by atoms with Crippen molar-refractivity contribution in [2.75, 3.05) is 13.1 Å². The summed E-state index contributed by atoms with van der Waals surface area (Å²) < 4.78 is 5.27. The van der Waals surface area contributed by atoms with Crippen LogP contribution in [0.2, 0.25) is 0 Å². The van der Waals surface area contributed by atoms with Crippen LogP contribution in [-0.4, -0.2) is 29.2 Å². The van der Waals surface area contributed by atoms with Crippen molar-refractivity contribution in [2.24, 2.45) is 0 Å². The Kier molecular flexibility index (Phi) is 4.70. The van der Waals surface area contributed by atoms with Gasteiger partial charge in [-0.3, -0.25) is 4.90 Å². The standard InChI is InChI=1S/C11H19NO2/c1-3-12(7-6-10(2)13)9-11-5-4-8-14-11/h4-5,8,10,13H,3,6-7,9H2,1-2H3. The third kappa shape index (κ3) is 3.94. The zero-order valence-electron chi connectivity index (χ0n) is 8.94. The summed E-state index contributed by atoms with van der Waals surface area (Å²) >= 11 is 0. The molecule has 0 radical (unpaired) electrons. The van der Waals surface area contributed by atoms with Gasteiger partial charge in [-0.05, 0) is 32.0 Å². The van der Waals surface area contributed by atoms with E-state index in [1.165, 1.54) is 0 Å². The Balaban J connectivity index is 2.32. The third-order valence-corrected chi connectivity index (χ3v) is 2.27. The summed E-state index contributed by atoms with van der Waals surface area (Å²) in [6.07, 6.45) is 2.28. The van der Waals surface area contributed by atoms with Crippen LogP contribution in [0.5, 0.6) is 0 Å². The van der Waals surface area contributed by atoms with Crippen LogP contribution in [0.1, 0.15) is 26.0 Å². The first-order valence-electron chi connectivity index (χ1n) is 5.15. The molecule has 0 fully saturated rings. The second-order valence-electron chi connectivity index (χ2n) is 3.59. The lowest BCUT2D eigenvalue weighted by molar-refractivity contribution is 0.152. The van der Waals surface area contributed by atoms with E-state index in [1.807, 2.05) is 19.1 Å². The first-order valence-corrected chi connectivity index (χ1v) is 5.15. The summed E-state index contributed by atoms with van der Waals surface area (Å²) in [5.74, 6) is 0.984. The smallest absolute Gasteiger partial charge is 0.117 e. The number of rotatable bonds is 6. The largest absolute Gasteiger partial charge is 0.468 e. The maximum Gasteiger partial charge on any atom is 0.117 e. The van der Waals surface area contributed by atoms with Gasteiger partial charge in [-0.1, -0.05) is 6.92 Å². The Bertz CT molecular complexity index is 231. The first-order chi connectivity index (χ1) is 6.72. The molecule has 0 aromatic carbocycles. The van der Waals surface area contributed by atoms with Crippen molar-refractivity contribution in [3.05, 3.63) is 24.2 Å². The van der Waals surface area contributed by atoms with Crippen LogP contribution in [0.25, 0.3) is 0 Å². The molecule has 3 nitrogen and oxygen atoms in total. The highest BCUT2D eigenvalue weighted by Crippen LogP contribution is 2.06. The van der Waals surface area contributed by atoms with E-state index in [0.717, 1.165) is 31.8 Å². The number of aliphatic hydroxyl groups excluding tert-OH is 1. The van der Waals surface area contributed by atoms with Crippen molar-refractivity contribution >= 4 is 0 Å². The molecule has 0 bridgehead atoms. The summed E-state index contributed by atoms with van der Waals surface area (Å²) in [5, 5.41) is 9.17. The molecule has 0 aliphatic heterocycles. The number of hydrogen-bond acceptors (Lipinski definition) is 3. The molecule has 14 heavy (non-hydrogen) atoms. The number of nitrogens with zero attached hydrogens (tertiary/aromatic N) is 1. The fourth-order valence-electron chi connectivity index (χ4n) is 1.34. The summed E-state index contributed by atoms with van der Waals surface area (Å²) in [6, 6.07) is 3.88. The molecular formula is C11H19NO2. The summed E-state index contributed by atoms with van der Waals surface area (Å²) in [5.41, 5.74) is 0. The van der Waals surface area contributed by atoms with Crippen molar-refractivity contribution in [3.8, 4) is 0 Å². The Morgan fingerprint density at radius 3 is 2.86 bits per heavy atom. The highest BCUT2D eigenvalue weighted by atomic mass is 16.3. The molecule has 0 amide bonds. The molecule has 1 aromatic heterocycles. The van der Waals surface area contributed by atoms with Gasteiger partial charge in [0, 0.05) is 6.54 Å². The second kappa shape index (κ2) is 5.83. The van der Waals surface area contributed by atoms with Crippen molar-refractivity contribution < 1.29 is 9.52 Å². The van der Waals surface area contributed by atoms with E-state index in [-0.39, 0.29) is 6.10 Å². The zero-order valence-corrected chi connectivity index (χ0v) is 8.94. The van der Waals surface area contributed by atoms with E-state index >= 15 is 0 Å². The summed E-state index contributed by atoms with van der Waals surface area (Å²) in [4.78, 5) is 2.26. The molecule has 1 unspecified atom stereocenters. The van der Waals surface area contributed by atoms with Crippen molar-refractivity contribution in [1.82, 2.24) is 4.90 Å². The third-order valence-electron chi connectivity index (χ3n) is 2.27. The predicted octanol–water partition coefficient (Wildman–Crippen LogP) is 1.87. The minimum atomic E-state index is -0.222. The van der Waals surface area contributed by atoms with E-state index in [0.29, 0.717) is 0 Å². The fourth-order valence-corrected chi connectivity index (χ4v) is 1.34. The average Bonchev–Trinajstić information content (AvgIpc) is 2.64. The lowest BCUT2D eigenvalue weighted by atomic mass is 10.2. The normalized spacial score (nSPS) is 13.4. The topological polar surface area (TPSA) is 36.6 Å². The Hall–Kier alpha value is -0.800. The van der Waals surface area contributed by atoms with Gasteiger partial charge in [0.05, 0.1) is 18.9 Å². The molecular weight excluding hydrogens is 178 g/mol. The molecule has 1 heterocycles. The molecule has 3 heteroatoms. The highest BCUT2D eigenvalue weighted by Gasteiger charge is 2.06. The van der Waals surface area contributed by atoms with E-state index < -0.39 is 0 Å². The Labute approximate surface area is 85.3 Å². The predicted molar refractivity (Wildman–Crippen MR) is 56.0 cm³/mol. The molecule has 0 saturated heterocycles. The van der Waals surface area contributed by atoms with Gasteiger partial charge in [-0.25, -0.2) is 0 Å². The Morgan fingerprint density at radius 2 is 2.36 bits per heavy atom. The van der Waals surface area contributed by atoms with Gasteiger partial charge in [0.15, 0.2) is 0 Å². The van der Waals surface area contributed by atoms with Crippen LogP contribution in [0.4, 0.5) is 0 Å². The molecule has 0 aliphatic carbocycles. The maximum atomic E-state index is 9.17. The van der Waals surface area contributed by atoms with Crippen LogP contribution < -0.4 is 0 Å². The van der Waals surface area contributed by atoms with Gasteiger partial charge in [-0.2, -0.15) is 0 Å². The molecule has 0 aliphatic rings. The molecule has 1 N–H and O–H groups in total. The minimum absolute atomic E-state index is 0.222. The van der Waals surface area contributed by atoms with Crippen LogP contribution in [0, 0.1) is 0 Å². The van der Waals surface area contributed by atoms with Gasteiger partial charge in [0.2, 0.25) is 0 Å². The summed E-state index contributed by atoms with van der Waals surface area (Å²) in [7, 11) is 0. The number of aliphatic hydroxyl groups is 1. The van der Waals surface area contributed by atoms with Gasteiger partial charge in [0.25, 0.3) is 0 Å². The SMILES string of the molecule is CCN(CCC(C)O)Cc1ccco1. The molecule has 0 saturated carbocycles. The number of furan rings is 1. The van der Waals surface area contributed by atoms with Crippen LogP contribution in [-0.2, 0) is 6.54 Å². The lowest BCUT2D eigenvalue weighted by Crippen LogP contribution is -2.26. The summed E-state index contributed by atoms with van der Waals surface area (Å²) in [6.45, 7) is 6.66. The van der Waals surface area contributed by atoms with E-state index in [1.54, 1.807) is 6.26 Å². The van der Waals surface area contributed by atoms with Crippen molar-refractivity contribution in [3.63, 3.8) is 0 Å². The average molecular weight is 197 g/mol. The van der Waals surface area contributed by atoms with Gasteiger partial charge in [-0.15, -0.1) is 0 Å². The molecule has 0 spiro atoms. The monoisotopic (exact) mass is 197 g/mol. The van der Waals surface area contributed by atoms with E-state index in [4.69, 9.17) is 4.42 Å². The first kappa shape index (κ1) is 11.3. The maximum absolute atomic E-state index is 9.17. The van der Waals surface area contributed by atoms with E-state index in [9.17, 15) is 5.11 Å². The molecule has 1 atom stereocenters. The fraction of sp³-hybridized carbons (Fsp3) is 0.636. The van der Waals surface area contributed by atoms with Crippen LogP contribution in [0.15, 0.2) is 22.8 Å². The minimum Gasteiger partial charge on any atom is -0.468 e. The zero-order chi connectivity index (χ0) is 10.4. The van der Waals surface area contributed by atoms with Crippen LogP contribution in [0.3, 0.4) is 0 Å². The molecule has 1 aromatic rings. The van der Waals surface area contributed by atoms with Gasteiger partial charge < -0.3 is 9.52 Å². The van der Waals surface area contributed by atoms with Gasteiger partial charge >= 0.3 is 0 Å². The lowest BCUT2D eigenvalue weighted by Gasteiger charge is -2.19. The van der Waals surface area contributed by atoms with Crippen LogP contribution >= 0.6 is 0 Å². The highest BCUT2D eigenvalue weighted by molar-refractivity contribution is 4.97.